The number of nitrogens with one attached hydrogen (secondary N) is 2. The maximum Gasteiger partial charge on any atom is 0.241 e. The molecule has 2 unspecified atom stereocenters. The number of benzene rings is 1. The maximum atomic E-state index is 12.2. The molecule has 1 aliphatic heterocycles. The van der Waals surface area contributed by atoms with E-state index >= 15 is 0 Å². The van der Waals surface area contributed by atoms with Crippen molar-refractivity contribution >= 4 is 11.6 Å². The third-order valence-corrected chi connectivity index (χ3v) is 4.16. The van der Waals surface area contributed by atoms with Crippen molar-refractivity contribution in [2.45, 2.75) is 51.1 Å². The van der Waals surface area contributed by atoms with E-state index in [-0.39, 0.29) is 11.9 Å². The van der Waals surface area contributed by atoms with Crippen LogP contribution in [0.4, 0.5) is 5.69 Å². The molecule has 3 rings (SSSR count). The minimum Gasteiger partial charge on any atom is -0.324 e. The highest BCUT2D eigenvalue weighted by atomic mass is 16.2. The van der Waals surface area contributed by atoms with E-state index in [1.165, 1.54) is 24.8 Å². The smallest absolute Gasteiger partial charge is 0.241 e. The van der Waals surface area contributed by atoms with Crippen LogP contribution in [0.25, 0.3) is 0 Å². The summed E-state index contributed by atoms with van der Waals surface area (Å²) in [5.41, 5.74) is 2.22. The molecule has 0 saturated heterocycles. The fraction of sp³-hybridized carbons (Fsp3) is 0.562. The number of aryl methyl sites for hydroxylation is 1. The van der Waals surface area contributed by atoms with Crippen LogP contribution in [0.3, 0.4) is 0 Å². The molecule has 0 aromatic heterocycles. The zero-order valence-electron chi connectivity index (χ0n) is 11.5. The van der Waals surface area contributed by atoms with Gasteiger partial charge in [-0.1, -0.05) is 31.0 Å². The lowest BCUT2D eigenvalue weighted by Gasteiger charge is -2.20. The van der Waals surface area contributed by atoms with Gasteiger partial charge in [0.25, 0.3) is 0 Å². The largest absolute Gasteiger partial charge is 0.324 e. The topological polar surface area (TPSA) is 41.1 Å². The van der Waals surface area contributed by atoms with Crippen molar-refractivity contribution in [2.75, 3.05) is 5.32 Å². The van der Waals surface area contributed by atoms with Crippen LogP contribution in [0.1, 0.15) is 38.2 Å². The first kappa shape index (κ1) is 12.7. The average Bonchev–Trinajstić information content (AvgIpc) is 3.19. The van der Waals surface area contributed by atoms with Crippen molar-refractivity contribution in [1.29, 1.82) is 0 Å². The van der Waals surface area contributed by atoms with Gasteiger partial charge < -0.3 is 10.6 Å². The highest BCUT2D eigenvalue weighted by Gasteiger charge is 2.28. The van der Waals surface area contributed by atoms with Crippen molar-refractivity contribution in [3.63, 3.8) is 0 Å². The number of para-hydroxylation sites is 1. The number of fused-ring (bicyclic) bond motifs is 1. The fourth-order valence-electron chi connectivity index (χ4n) is 2.94. The van der Waals surface area contributed by atoms with Gasteiger partial charge in [-0.25, -0.2) is 0 Å². The lowest BCUT2D eigenvalue weighted by Crippen LogP contribution is -2.44. The molecule has 0 radical (unpaired) electrons. The Morgan fingerprint density at radius 1 is 1.32 bits per heavy atom. The number of rotatable bonds is 4. The first-order chi connectivity index (χ1) is 9.22. The monoisotopic (exact) mass is 258 g/mol. The Bertz CT molecular complexity index is 468. The Kier molecular flexibility index (Phi) is 3.56. The molecule has 1 aromatic carbocycles. The summed E-state index contributed by atoms with van der Waals surface area (Å²) in [4.78, 5) is 12.2. The van der Waals surface area contributed by atoms with E-state index in [1.807, 2.05) is 18.2 Å². The second-order valence-electron chi connectivity index (χ2n) is 5.98. The lowest BCUT2D eigenvalue weighted by molar-refractivity contribution is -0.118. The van der Waals surface area contributed by atoms with Gasteiger partial charge in [-0.15, -0.1) is 0 Å². The first-order valence-electron chi connectivity index (χ1n) is 7.37. The van der Waals surface area contributed by atoms with Gasteiger partial charge in [0, 0.05) is 11.7 Å². The summed E-state index contributed by atoms with van der Waals surface area (Å²) in [5, 5.41) is 6.55. The van der Waals surface area contributed by atoms with Gasteiger partial charge in [-0.05, 0) is 43.7 Å². The van der Waals surface area contributed by atoms with Gasteiger partial charge in [0.2, 0.25) is 5.91 Å². The van der Waals surface area contributed by atoms with Crippen LogP contribution < -0.4 is 10.6 Å². The van der Waals surface area contributed by atoms with Gasteiger partial charge in [-0.3, -0.25) is 4.79 Å². The molecule has 1 aliphatic carbocycles. The summed E-state index contributed by atoms with van der Waals surface area (Å²) in [7, 11) is 0. The van der Waals surface area contributed by atoms with Crippen LogP contribution in [0, 0.1) is 5.92 Å². The van der Waals surface area contributed by atoms with E-state index in [2.05, 4.69) is 23.6 Å². The predicted octanol–water partition coefficient (Wildman–Crippen LogP) is 2.72. The van der Waals surface area contributed by atoms with E-state index < -0.39 is 0 Å². The summed E-state index contributed by atoms with van der Waals surface area (Å²) in [6.07, 6.45) is 5.79. The zero-order chi connectivity index (χ0) is 13.2. The summed E-state index contributed by atoms with van der Waals surface area (Å²) in [6, 6.07) is 8.48. The molecular formula is C16H22N2O. The van der Waals surface area contributed by atoms with Gasteiger partial charge in [0.1, 0.15) is 0 Å². The Labute approximate surface area is 114 Å². The van der Waals surface area contributed by atoms with E-state index in [9.17, 15) is 4.79 Å². The number of carbonyl (C=O) groups excluding carboxylic acids is 1. The molecule has 1 amide bonds. The molecule has 1 heterocycles. The molecular weight excluding hydrogens is 236 g/mol. The van der Waals surface area contributed by atoms with Crippen molar-refractivity contribution < 1.29 is 4.79 Å². The molecule has 2 atom stereocenters. The molecule has 0 bridgehead atoms. The van der Waals surface area contributed by atoms with Crippen molar-refractivity contribution in [3.05, 3.63) is 29.8 Å². The summed E-state index contributed by atoms with van der Waals surface area (Å²) in [5.74, 6) is 1.01. The first-order valence-corrected chi connectivity index (χ1v) is 7.37. The molecule has 1 fully saturated rings. The maximum absolute atomic E-state index is 12.2. The van der Waals surface area contributed by atoms with Gasteiger partial charge in [-0.2, -0.15) is 0 Å². The van der Waals surface area contributed by atoms with Crippen LogP contribution in [0.5, 0.6) is 0 Å². The van der Waals surface area contributed by atoms with E-state index in [0.717, 1.165) is 24.4 Å². The van der Waals surface area contributed by atoms with Crippen LogP contribution in [-0.2, 0) is 11.2 Å². The normalized spacial score (nSPS) is 24.3. The standard InChI is InChI=1S/C16H22N2O/c1-11(10-12-6-7-12)17-15-9-8-13-4-2-3-5-14(13)18-16(15)19/h2-5,11-12,15,17H,6-10H2,1H3,(H,18,19). The highest BCUT2D eigenvalue weighted by molar-refractivity contribution is 5.96. The van der Waals surface area contributed by atoms with Gasteiger partial charge in [0.15, 0.2) is 0 Å². The average molecular weight is 258 g/mol. The number of carbonyl (C=O) groups is 1. The molecule has 3 heteroatoms. The number of anilines is 1. The Balaban J connectivity index is 1.63. The van der Waals surface area contributed by atoms with Crippen molar-refractivity contribution in [3.8, 4) is 0 Å². The zero-order valence-corrected chi connectivity index (χ0v) is 11.5. The molecule has 3 nitrogen and oxygen atoms in total. The Hall–Kier alpha value is -1.35. The van der Waals surface area contributed by atoms with Gasteiger partial charge in [0.05, 0.1) is 6.04 Å². The second-order valence-corrected chi connectivity index (χ2v) is 5.98. The SMILES string of the molecule is CC(CC1CC1)NC1CCc2ccccc2NC1=O. The molecule has 0 spiro atoms. The number of hydrogen-bond acceptors (Lipinski definition) is 2. The third kappa shape index (κ3) is 3.16. The lowest BCUT2D eigenvalue weighted by atomic mass is 10.0. The summed E-state index contributed by atoms with van der Waals surface area (Å²) in [6.45, 7) is 2.20. The van der Waals surface area contributed by atoms with Crippen LogP contribution in [0.15, 0.2) is 24.3 Å². The molecule has 1 aromatic rings. The number of amides is 1. The number of hydrogen-bond donors (Lipinski definition) is 2. The van der Waals surface area contributed by atoms with Crippen LogP contribution in [0.2, 0.25) is 0 Å². The molecule has 2 N–H and O–H groups in total. The minimum atomic E-state index is -0.0545. The van der Waals surface area contributed by atoms with Crippen molar-refractivity contribution in [2.24, 2.45) is 5.92 Å². The summed E-state index contributed by atoms with van der Waals surface area (Å²) < 4.78 is 0. The quantitative estimate of drug-likeness (QED) is 0.872. The van der Waals surface area contributed by atoms with E-state index in [1.54, 1.807) is 0 Å². The Morgan fingerprint density at radius 3 is 2.89 bits per heavy atom. The molecule has 102 valence electrons. The second kappa shape index (κ2) is 5.33. The van der Waals surface area contributed by atoms with E-state index in [4.69, 9.17) is 0 Å². The van der Waals surface area contributed by atoms with Gasteiger partial charge >= 0.3 is 0 Å². The van der Waals surface area contributed by atoms with E-state index in [0.29, 0.717) is 6.04 Å². The molecule has 1 saturated carbocycles. The van der Waals surface area contributed by atoms with Crippen LogP contribution in [-0.4, -0.2) is 18.0 Å². The predicted molar refractivity (Wildman–Crippen MR) is 77.1 cm³/mol. The van der Waals surface area contributed by atoms with Crippen molar-refractivity contribution in [1.82, 2.24) is 5.32 Å². The third-order valence-electron chi connectivity index (χ3n) is 4.16. The van der Waals surface area contributed by atoms with Crippen LogP contribution >= 0.6 is 0 Å². The molecule has 19 heavy (non-hydrogen) atoms. The highest BCUT2D eigenvalue weighted by Crippen LogP contribution is 2.33. The summed E-state index contributed by atoms with van der Waals surface area (Å²) >= 11 is 0. The fourth-order valence-corrected chi connectivity index (χ4v) is 2.94. The molecule has 2 aliphatic rings. The Morgan fingerprint density at radius 2 is 2.11 bits per heavy atom. The minimum absolute atomic E-state index is 0.0545.